The van der Waals surface area contributed by atoms with E-state index < -0.39 is 5.54 Å². The van der Waals surface area contributed by atoms with Gasteiger partial charge in [-0.1, -0.05) is 18.2 Å². The predicted molar refractivity (Wildman–Crippen MR) is 83.1 cm³/mol. The van der Waals surface area contributed by atoms with Crippen molar-refractivity contribution >= 4 is 23.1 Å². The Kier molecular flexibility index (Phi) is 4.42. The van der Waals surface area contributed by atoms with Gasteiger partial charge in [0.25, 0.3) is 0 Å². The first-order chi connectivity index (χ1) is 9.50. The molecule has 0 bridgehead atoms. The molecule has 0 atom stereocenters. The minimum atomic E-state index is -0.643. The number of anilines is 1. The highest BCUT2D eigenvalue weighted by molar-refractivity contribution is 7.13. The van der Waals surface area contributed by atoms with Crippen molar-refractivity contribution in [2.45, 2.75) is 19.4 Å². The number of amides is 2. The quantitative estimate of drug-likeness (QED) is 0.809. The Morgan fingerprint density at radius 3 is 2.75 bits per heavy atom. The number of thiophene rings is 1. The molecule has 5 heteroatoms. The number of hydrogen-bond acceptors (Lipinski definition) is 3. The lowest BCUT2D eigenvalue weighted by Gasteiger charge is -2.23. The summed E-state index contributed by atoms with van der Waals surface area (Å²) in [7, 11) is 0. The highest BCUT2D eigenvalue weighted by Crippen LogP contribution is 2.26. The molecular weight excluding hydrogens is 272 g/mol. The Morgan fingerprint density at radius 1 is 1.30 bits per heavy atom. The molecule has 2 amide bonds. The molecule has 0 saturated heterocycles. The van der Waals surface area contributed by atoms with E-state index in [2.05, 4.69) is 10.6 Å². The zero-order valence-corrected chi connectivity index (χ0v) is 12.3. The molecule has 0 fully saturated rings. The summed E-state index contributed by atoms with van der Waals surface area (Å²) in [6, 6.07) is 11.4. The van der Waals surface area contributed by atoms with Crippen LogP contribution in [0.5, 0.6) is 0 Å². The van der Waals surface area contributed by atoms with Gasteiger partial charge in [0.1, 0.15) is 0 Å². The SMILES string of the molecule is CC(C)(CO)NC(=O)Nc1cccc(-c2cccs2)c1. The zero-order chi connectivity index (χ0) is 14.6. The number of carbonyl (C=O) groups is 1. The van der Waals surface area contributed by atoms with Gasteiger partial charge in [0.05, 0.1) is 12.1 Å². The summed E-state index contributed by atoms with van der Waals surface area (Å²) in [6.07, 6.45) is 0. The van der Waals surface area contributed by atoms with Crippen LogP contribution in [0.2, 0.25) is 0 Å². The smallest absolute Gasteiger partial charge is 0.319 e. The van der Waals surface area contributed by atoms with Crippen LogP contribution in [0, 0.1) is 0 Å². The van der Waals surface area contributed by atoms with E-state index in [0.29, 0.717) is 0 Å². The van der Waals surface area contributed by atoms with Crippen molar-refractivity contribution < 1.29 is 9.90 Å². The summed E-state index contributed by atoms with van der Waals surface area (Å²) in [5.74, 6) is 0. The van der Waals surface area contributed by atoms with Crippen LogP contribution in [0.4, 0.5) is 10.5 Å². The van der Waals surface area contributed by atoms with Gasteiger partial charge in [-0.25, -0.2) is 4.79 Å². The maximum atomic E-state index is 11.9. The molecule has 2 aromatic rings. The zero-order valence-electron chi connectivity index (χ0n) is 11.5. The van der Waals surface area contributed by atoms with Gasteiger partial charge in [0.2, 0.25) is 0 Å². The van der Waals surface area contributed by atoms with Crippen molar-refractivity contribution in [2.75, 3.05) is 11.9 Å². The van der Waals surface area contributed by atoms with Crippen LogP contribution in [0.1, 0.15) is 13.8 Å². The largest absolute Gasteiger partial charge is 0.394 e. The van der Waals surface area contributed by atoms with Crippen LogP contribution in [0.15, 0.2) is 41.8 Å². The van der Waals surface area contributed by atoms with E-state index in [4.69, 9.17) is 5.11 Å². The van der Waals surface area contributed by atoms with E-state index in [9.17, 15) is 4.79 Å². The number of aliphatic hydroxyl groups is 1. The molecular formula is C15H18N2O2S. The molecule has 2 rings (SSSR count). The van der Waals surface area contributed by atoms with Gasteiger partial charge in [-0.3, -0.25) is 0 Å². The molecule has 0 aliphatic rings. The van der Waals surface area contributed by atoms with E-state index in [1.54, 1.807) is 25.2 Å². The van der Waals surface area contributed by atoms with Gasteiger partial charge in [0.15, 0.2) is 0 Å². The lowest BCUT2D eigenvalue weighted by Crippen LogP contribution is -2.48. The maximum Gasteiger partial charge on any atom is 0.319 e. The molecule has 20 heavy (non-hydrogen) atoms. The van der Waals surface area contributed by atoms with Gasteiger partial charge in [-0.2, -0.15) is 0 Å². The first-order valence-electron chi connectivity index (χ1n) is 6.34. The van der Waals surface area contributed by atoms with Crippen molar-refractivity contribution in [1.82, 2.24) is 5.32 Å². The fourth-order valence-electron chi connectivity index (χ4n) is 1.70. The Balaban J connectivity index is 2.07. The van der Waals surface area contributed by atoms with E-state index in [1.807, 2.05) is 41.8 Å². The summed E-state index contributed by atoms with van der Waals surface area (Å²) < 4.78 is 0. The molecule has 3 N–H and O–H groups in total. The summed E-state index contributed by atoms with van der Waals surface area (Å²) in [4.78, 5) is 13.0. The second-order valence-electron chi connectivity index (χ2n) is 5.18. The van der Waals surface area contributed by atoms with Crippen LogP contribution in [0.25, 0.3) is 10.4 Å². The highest BCUT2D eigenvalue weighted by atomic mass is 32.1. The van der Waals surface area contributed by atoms with Crippen molar-refractivity contribution in [3.8, 4) is 10.4 Å². The number of urea groups is 1. The van der Waals surface area contributed by atoms with Crippen molar-refractivity contribution in [2.24, 2.45) is 0 Å². The van der Waals surface area contributed by atoms with Crippen LogP contribution < -0.4 is 10.6 Å². The number of aliphatic hydroxyl groups excluding tert-OH is 1. The second kappa shape index (κ2) is 6.07. The number of rotatable bonds is 4. The minimum Gasteiger partial charge on any atom is -0.394 e. The van der Waals surface area contributed by atoms with Crippen LogP contribution in [-0.4, -0.2) is 23.3 Å². The molecule has 0 aliphatic carbocycles. The van der Waals surface area contributed by atoms with Crippen LogP contribution in [-0.2, 0) is 0 Å². The molecule has 0 unspecified atom stereocenters. The number of hydrogen-bond donors (Lipinski definition) is 3. The maximum absolute atomic E-state index is 11.9. The Bertz CT molecular complexity index is 579. The lowest BCUT2D eigenvalue weighted by atomic mass is 10.1. The first-order valence-corrected chi connectivity index (χ1v) is 7.22. The van der Waals surface area contributed by atoms with E-state index in [-0.39, 0.29) is 12.6 Å². The molecule has 0 saturated carbocycles. The molecule has 0 radical (unpaired) electrons. The highest BCUT2D eigenvalue weighted by Gasteiger charge is 2.18. The summed E-state index contributed by atoms with van der Waals surface area (Å²) >= 11 is 1.66. The third-order valence-corrected chi connectivity index (χ3v) is 3.69. The number of carbonyl (C=O) groups excluding carboxylic acids is 1. The third kappa shape index (κ3) is 3.82. The molecule has 0 spiro atoms. The summed E-state index contributed by atoms with van der Waals surface area (Å²) in [5, 5.41) is 16.6. The second-order valence-corrected chi connectivity index (χ2v) is 6.13. The molecule has 4 nitrogen and oxygen atoms in total. The monoisotopic (exact) mass is 290 g/mol. The van der Waals surface area contributed by atoms with Gasteiger partial charge >= 0.3 is 6.03 Å². The predicted octanol–water partition coefficient (Wildman–Crippen LogP) is 3.31. The van der Waals surface area contributed by atoms with E-state index >= 15 is 0 Å². The summed E-state index contributed by atoms with van der Waals surface area (Å²) in [5.41, 5.74) is 1.15. The fourth-order valence-corrected chi connectivity index (χ4v) is 2.43. The Labute approximate surface area is 122 Å². The van der Waals surface area contributed by atoms with Crippen molar-refractivity contribution in [1.29, 1.82) is 0 Å². The number of benzene rings is 1. The third-order valence-electron chi connectivity index (χ3n) is 2.77. The summed E-state index contributed by atoms with van der Waals surface area (Å²) in [6.45, 7) is 3.40. The van der Waals surface area contributed by atoms with Crippen LogP contribution in [0.3, 0.4) is 0 Å². The lowest BCUT2D eigenvalue weighted by molar-refractivity contribution is 0.187. The average molecular weight is 290 g/mol. The average Bonchev–Trinajstić information content (AvgIpc) is 2.92. The van der Waals surface area contributed by atoms with Gasteiger partial charge in [-0.15, -0.1) is 11.3 Å². The van der Waals surface area contributed by atoms with E-state index in [1.165, 1.54) is 0 Å². The number of nitrogens with one attached hydrogen (secondary N) is 2. The normalized spacial score (nSPS) is 11.2. The van der Waals surface area contributed by atoms with E-state index in [0.717, 1.165) is 16.1 Å². The fraction of sp³-hybridized carbons (Fsp3) is 0.267. The molecule has 1 aromatic heterocycles. The Morgan fingerprint density at radius 2 is 2.10 bits per heavy atom. The standard InChI is InChI=1S/C15H18N2O2S/c1-15(2,10-18)17-14(19)16-12-6-3-5-11(9-12)13-7-4-8-20-13/h3-9,18H,10H2,1-2H3,(H2,16,17,19). The van der Waals surface area contributed by atoms with Gasteiger partial charge in [-0.05, 0) is 43.0 Å². The minimum absolute atomic E-state index is 0.115. The van der Waals surface area contributed by atoms with Gasteiger partial charge < -0.3 is 15.7 Å². The topological polar surface area (TPSA) is 61.4 Å². The Hall–Kier alpha value is -1.85. The van der Waals surface area contributed by atoms with Crippen LogP contribution >= 0.6 is 11.3 Å². The van der Waals surface area contributed by atoms with Crippen molar-refractivity contribution in [3.05, 3.63) is 41.8 Å². The molecule has 1 aromatic carbocycles. The van der Waals surface area contributed by atoms with Gasteiger partial charge in [0, 0.05) is 10.6 Å². The van der Waals surface area contributed by atoms with Crippen molar-refractivity contribution in [3.63, 3.8) is 0 Å². The first kappa shape index (κ1) is 14.6. The molecule has 106 valence electrons. The molecule has 0 aliphatic heterocycles. The molecule has 1 heterocycles.